The van der Waals surface area contributed by atoms with Crippen molar-refractivity contribution < 1.29 is 9.53 Å². The number of nitrogens with zero attached hydrogens (tertiary/aromatic N) is 2. The smallest absolute Gasteiger partial charge is 0.268 e. The van der Waals surface area contributed by atoms with Crippen molar-refractivity contribution in [3.8, 4) is 5.75 Å². The van der Waals surface area contributed by atoms with Crippen LogP contribution in [0.15, 0.2) is 53.5 Å². The van der Waals surface area contributed by atoms with E-state index in [0.717, 1.165) is 5.56 Å². The van der Waals surface area contributed by atoms with Crippen LogP contribution in [0.1, 0.15) is 12.5 Å². The minimum atomic E-state index is -0.631. The Morgan fingerprint density at radius 1 is 1.17 bits per heavy atom. The number of hydrogen-bond acceptors (Lipinski definition) is 3. The monoisotopic (exact) mass is 362 g/mol. The number of ether oxygens (including phenoxy) is 1. The van der Waals surface area contributed by atoms with Crippen molar-refractivity contribution in [1.82, 2.24) is 4.90 Å². The molecule has 1 heterocycles. The lowest BCUT2D eigenvalue weighted by atomic mass is 10.2. The number of halogens is 2. The maximum atomic E-state index is 12.7. The van der Waals surface area contributed by atoms with E-state index in [1.807, 2.05) is 12.1 Å². The predicted octanol–water partition coefficient (Wildman–Crippen LogP) is 4.05. The van der Waals surface area contributed by atoms with E-state index in [0.29, 0.717) is 34.7 Å². The number of rotatable bonds is 4. The molecule has 0 aliphatic carbocycles. The summed E-state index contributed by atoms with van der Waals surface area (Å²) < 4.78 is 5.72. The number of amides is 1. The van der Waals surface area contributed by atoms with E-state index in [1.54, 1.807) is 48.2 Å². The summed E-state index contributed by atoms with van der Waals surface area (Å²) in [5, 5.41) is 1.23. The van der Waals surface area contributed by atoms with E-state index >= 15 is 0 Å². The van der Waals surface area contributed by atoms with Gasteiger partial charge in [0.15, 0.2) is 6.10 Å². The Bertz CT molecular complexity index is 775. The molecule has 6 heteroatoms. The summed E-state index contributed by atoms with van der Waals surface area (Å²) in [6, 6.07) is 14.3. The molecule has 124 valence electrons. The van der Waals surface area contributed by atoms with Crippen LogP contribution < -0.4 is 4.74 Å². The summed E-state index contributed by atoms with van der Waals surface area (Å²) in [6.45, 7) is 2.83. The molecule has 0 aromatic heterocycles. The second-order valence-corrected chi connectivity index (χ2v) is 6.29. The molecule has 0 saturated heterocycles. The molecule has 1 aliphatic heterocycles. The maximum absolute atomic E-state index is 12.7. The SMILES string of the molecule is CC(Oc1ccc(Cl)cc1)C(=O)N1CCN=C1c1cccc(Cl)c1. The van der Waals surface area contributed by atoms with E-state index in [1.165, 1.54) is 0 Å². The zero-order valence-corrected chi connectivity index (χ0v) is 14.6. The molecular formula is C18H16Cl2N2O2. The summed E-state index contributed by atoms with van der Waals surface area (Å²) in [5.74, 6) is 1.09. The van der Waals surface area contributed by atoms with E-state index < -0.39 is 6.10 Å². The van der Waals surface area contributed by atoms with Gasteiger partial charge < -0.3 is 4.74 Å². The van der Waals surface area contributed by atoms with Gasteiger partial charge in [-0.15, -0.1) is 0 Å². The minimum absolute atomic E-state index is 0.138. The first-order valence-corrected chi connectivity index (χ1v) is 8.34. The number of amidine groups is 1. The fraction of sp³-hybridized carbons (Fsp3) is 0.222. The number of carbonyl (C=O) groups is 1. The third-order valence-electron chi connectivity index (χ3n) is 3.66. The third-order valence-corrected chi connectivity index (χ3v) is 4.15. The molecule has 0 N–H and O–H groups in total. The van der Waals surface area contributed by atoms with Crippen molar-refractivity contribution in [1.29, 1.82) is 0 Å². The largest absolute Gasteiger partial charge is 0.481 e. The average Bonchev–Trinajstić information content (AvgIpc) is 3.06. The normalized spacial score (nSPS) is 15.1. The van der Waals surface area contributed by atoms with E-state index in [4.69, 9.17) is 27.9 Å². The van der Waals surface area contributed by atoms with E-state index in [2.05, 4.69) is 4.99 Å². The zero-order chi connectivity index (χ0) is 17.1. The van der Waals surface area contributed by atoms with Gasteiger partial charge in [0.2, 0.25) is 0 Å². The molecule has 1 unspecified atom stereocenters. The molecule has 3 rings (SSSR count). The van der Waals surface area contributed by atoms with E-state index in [9.17, 15) is 4.79 Å². The van der Waals surface area contributed by atoms with Crippen LogP contribution in [0.2, 0.25) is 10.0 Å². The van der Waals surface area contributed by atoms with Gasteiger partial charge in [-0.2, -0.15) is 0 Å². The van der Waals surface area contributed by atoms with Gasteiger partial charge in [0, 0.05) is 22.2 Å². The Balaban J connectivity index is 1.74. The lowest BCUT2D eigenvalue weighted by Crippen LogP contribution is -2.42. The Morgan fingerprint density at radius 3 is 2.62 bits per heavy atom. The highest BCUT2D eigenvalue weighted by molar-refractivity contribution is 6.31. The second-order valence-electron chi connectivity index (χ2n) is 5.42. The standard InChI is InChI=1S/C18H16Cl2N2O2/c1-12(24-16-7-5-14(19)6-8-16)18(23)22-10-9-21-17(22)13-3-2-4-15(20)11-13/h2-8,11-12H,9-10H2,1H3. The van der Waals surface area contributed by atoms with E-state index in [-0.39, 0.29) is 5.91 Å². The molecular weight excluding hydrogens is 347 g/mol. The Kier molecular flexibility index (Phi) is 5.07. The molecule has 2 aromatic carbocycles. The van der Waals surface area contributed by atoms with Crippen LogP contribution in [0, 0.1) is 0 Å². The quantitative estimate of drug-likeness (QED) is 0.823. The van der Waals surface area contributed by atoms with Crippen molar-refractivity contribution in [3.63, 3.8) is 0 Å². The summed E-state index contributed by atoms with van der Waals surface area (Å²) in [4.78, 5) is 18.8. The molecule has 4 nitrogen and oxygen atoms in total. The second kappa shape index (κ2) is 7.24. The summed E-state index contributed by atoms with van der Waals surface area (Å²) >= 11 is 11.9. The zero-order valence-electron chi connectivity index (χ0n) is 13.1. The number of aliphatic imine (C=N–C) groups is 1. The molecule has 2 aromatic rings. The van der Waals surface area contributed by atoms with Crippen LogP contribution in [0.25, 0.3) is 0 Å². The van der Waals surface area contributed by atoms with Crippen molar-refractivity contribution in [2.24, 2.45) is 4.99 Å². The molecule has 0 fully saturated rings. The first-order chi connectivity index (χ1) is 11.5. The molecule has 1 aliphatic rings. The molecule has 0 bridgehead atoms. The van der Waals surface area contributed by atoms with Gasteiger partial charge in [0.05, 0.1) is 6.54 Å². The first-order valence-electron chi connectivity index (χ1n) is 7.58. The van der Waals surface area contributed by atoms with Gasteiger partial charge in [-0.3, -0.25) is 14.7 Å². The fourth-order valence-electron chi connectivity index (χ4n) is 2.52. The molecule has 1 amide bonds. The maximum Gasteiger partial charge on any atom is 0.268 e. The summed E-state index contributed by atoms with van der Waals surface area (Å²) in [6.07, 6.45) is -0.631. The minimum Gasteiger partial charge on any atom is -0.481 e. The number of hydrogen-bond donors (Lipinski definition) is 0. The first kappa shape index (κ1) is 16.8. The fourth-order valence-corrected chi connectivity index (χ4v) is 2.84. The lowest BCUT2D eigenvalue weighted by Gasteiger charge is -2.23. The van der Waals surface area contributed by atoms with Gasteiger partial charge in [-0.05, 0) is 43.3 Å². The lowest BCUT2D eigenvalue weighted by molar-refractivity contribution is -0.133. The van der Waals surface area contributed by atoms with Gasteiger partial charge in [0.1, 0.15) is 11.6 Å². The van der Waals surface area contributed by atoms with Crippen LogP contribution in [0.4, 0.5) is 0 Å². The van der Waals surface area contributed by atoms with Crippen molar-refractivity contribution >= 4 is 34.9 Å². The van der Waals surface area contributed by atoms with Crippen LogP contribution >= 0.6 is 23.2 Å². The van der Waals surface area contributed by atoms with Crippen LogP contribution in [-0.2, 0) is 4.79 Å². The van der Waals surface area contributed by atoms with Crippen LogP contribution in [0.5, 0.6) is 5.75 Å². The average molecular weight is 363 g/mol. The van der Waals surface area contributed by atoms with Crippen LogP contribution in [-0.4, -0.2) is 35.8 Å². The van der Waals surface area contributed by atoms with Crippen molar-refractivity contribution in [2.75, 3.05) is 13.1 Å². The number of benzene rings is 2. The topological polar surface area (TPSA) is 41.9 Å². The van der Waals surface area contributed by atoms with Crippen LogP contribution in [0.3, 0.4) is 0 Å². The molecule has 0 spiro atoms. The highest BCUT2D eigenvalue weighted by Gasteiger charge is 2.29. The van der Waals surface area contributed by atoms with Gasteiger partial charge in [-0.25, -0.2) is 0 Å². The third kappa shape index (κ3) is 3.71. The van der Waals surface area contributed by atoms with Gasteiger partial charge in [0.25, 0.3) is 5.91 Å². The predicted molar refractivity (Wildman–Crippen MR) is 96.1 cm³/mol. The summed E-state index contributed by atoms with van der Waals surface area (Å²) in [5.41, 5.74) is 0.826. The molecule has 0 radical (unpaired) electrons. The Morgan fingerprint density at radius 2 is 1.92 bits per heavy atom. The van der Waals surface area contributed by atoms with Crippen molar-refractivity contribution in [2.45, 2.75) is 13.0 Å². The Labute approximate surface area is 150 Å². The highest BCUT2D eigenvalue weighted by Crippen LogP contribution is 2.20. The number of carbonyl (C=O) groups excluding carboxylic acids is 1. The molecule has 0 saturated carbocycles. The van der Waals surface area contributed by atoms with Crippen molar-refractivity contribution in [3.05, 3.63) is 64.1 Å². The Hall–Kier alpha value is -2.04. The summed E-state index contributed by atoms with van der Waals surface area (Å²) in [7, 11) is 0. The highest BCUT2D eigenvalue weighted by atomic mass is 35.5. The molecule has 24 heavy (non-hydrogen) atoms. The van der Waals surface area contributed by atoms with Gasteiger partial charge >= 0.3 is 0 Å². The molecule has 1 atom stereocenters. The van der Waals surface area contributed by atoms with Gasteiger partial charge in [-0.1, -0.05) is 35.3 Å².